The largest absolute Gasteiger partial charge is 0.457 e. The fourth-order valence-electron chi connectivity index (χ4n) is 3.86. The van der Waals surface area contributed by atoms with Crippen LogP contribution in [0.3, 0.4) is 0 Å². The van der Waals surface area contributed by atoms with E-state index in [9.17, 15) is 4.79 Å². The van der Waals surface area contributed by atoms with E-state index in [0.29, 0.717) is 6.42 Å². The standard InChI is InChI=1S/C25H20O4/c26-21-13-19(12-20(14-21)18-8-11-24-25(15-18)28-16-27-24)17-6-9-23(10-7-17)29-22-4-2-1-3-5-22/h1-11,13,15,20H,12,14,16H2. The zero-order valence-corrected chi connectivity index (χ0v) is 15.8. The van der Waals surface area contributed by atoms with Crippen LogP contribution in [0.4, 0.5) is 0 Å². The van der Waals surface area contributed by atoms with Gasteiger partial charge in [-0.1, -0.05) is 36.4 Å². The van der Waals surface area contributed by atoms with Gasteiger partial charge in [-0.3, -0.25) is 4.79 Å². The van der Waals surface area contributed by atoms with Gasteiger partial charge in [0.2, 0.25) is 6.79 Å². The molecule has 5 rings (SSSR count). The van der Waals surface area contributed by atoms with Crippen molar-refractivity contribution in [1.29, 1.82) is 0 Å². The molecule has 0 bridgehead atoms. The molecule has 3 aromatic rings. The molecule has 0 aromatic heterocycles. The molecule has 0 saturated carbocycles. The summed E-state index contributed by atoms with van der Waals surface area (Å²) in [5.41, 5.74) is 3.21. The highest BCUT2D eigenvalue weighted by molar-refractivity contribution is 5.99. The minimum absolute atomic E-state index is 0.136. The number of ketones is 1. The molecule has 0 radical (unpaired) electrons. The molecule has 29 heavy (non-hydrogen) atoms. The van der Waals surface area contributed by atoms with Gasteiger partial charge in [-0.15, -0.1) is 0 Å². The molecule has 1 atom stereocenters. The zero-order chi connectivity index (χ0) is 19.6. The maximum absolute atomic E-state index is 12.4. The average Bonchev–Trinajstić information content (AvgIpc) is 3.22. The topological polar surface area (TPSA) is 44.8 Å². The van der Waals surface area contributed by atoms with E-state index in [1.165, 1.54) is 0 Å². The molecule has 1 heterocycles. The van der Waals surface area contributed by atoms with Gasteiger partial charge in [0, 0.05) is 6.42 Å². The molecule has 0 amide bonds. The van der Waals surface area contributed by atoms with Crippen molar-refractivity contribution in [2.45, 2.75) is 18.8 Å². The summed E-state index contributed by atoms with van der Waals surface area (Å²) in [6.45, 7) is 0.255. The Morgan fingerprint density at radius 2 is 1.55 bits per heavy atom. The molecule has 0 saturated heterocycles. The summed E-state index contributed by atoms with van der Waals surface area (Å²) in [6, 6.07) is 23.6. The first-order valence-corrected chi connectivity index (χ1v) is 9.71. The molecule has 144 valence electrons. The summed E-state index contributed by atoms with van der Waals surface area (Å²) in [5, 5.41) is 0. The number of para-hydroxylation sites is 1. The summed E-state index contributed by atoms with van der Waals surface area (Å²) in [6.07, 6.45) is 3.10. The number of ether oxygens (including phenoxy) is 3. The summed E-state index contributed by atoms with van der Waals surface area (Å²) >= 11 is 0. The Morgan fingerprint density at radius 1 is 0.793 bits per heavy atom. The molecular formula is C25H20O4. The lowest BCUT2D eigenvalue weighted by Crippen LogP contribution is -2.12. The van der Waals surface area contributed by atoms with Crippen molar-refractivity contribution in [1.82, 2.24) is 0 Å². The molecular weight excluding hydrogens is 364 g/mol. The second-order valence-corrected chi connectivity index (χ2v) is 7.29. The third-order valence-corrected chi connectivity index (χ3v) is 5.32. The lowest BCUT2D eigenvalue weighted by atomic mass is 9.81. The number of allylic oxidation sites excluding steroid dienone is 2. The van der Waals surface area contributed by atoms with Crippen LogP contribution < -0.4 is 14.2 Å². The van der Waals surface area contributed by atoms with Crippen molar-refractivity contribution in [3.8, 4) is 23.0 Å². The molecule has 2 aliphatic rings. The first-order chi connectivity index (χ1) is 14.2. The smallest absolute Gasteiger partial charge is 0.231 e. The van der Waals surface area contributed by atoms with Crippen LogP contribution in [-0.2, 0) is 4.79 Å². The van der Waals surface area contributed by atoms with E-state index < -0.39 is 0 Å². The lowest BCUT2D eigenvalue weighted by Gasteiger charge is -2.23. The van der Waals surface area contributed by atoms with Crippen molar-refractivity contribution < 1.29 is 19.0 Å². The van der Waals surface area contributed by atoms with E-state index in [1.807, 2.05) is 72.8 Å². The molecule has 0 spiro atoms. The first kappa shape index (κ1) is 17.6. The van der Waals surface area contributed by atoms with E-state index in [1.54, 1.807) is 6.08 Å². The third-order valence-electron chi connectivity index (χ3n) is 5.32. The highest BCUT2D eigenvalue weighted by Gasteiger charge is 2.25. The van der Waals surface area contributed by atoms with Crippen LogP contribution in [0.25, 0.3) is 5.57 Å². The van der Waals surface area contributed by atoms with Crippen LogP contribution in [-0.4, -0.2) is 12.6 Å². The van der Waals surface area contributed by atoms with Crippen LogP contribution in [0.2, 0.25) is 0 Å². The van der Waals surface area contributed by atoms with E-state index in [0.717, 1.165) is 46.1 Å². The fourth-order valence-corrected chi connectivity index (χ4v) is 3.86. The number of carbonyl (C=O) groups excluding carboxylic acids is 1. The quantitative estimate of drug-likeness (QED) is 0.576. The summed E-state index contributed by atoms with van der Waals surface area (Å²) in [4.78, 5) is 12.4. The molecule has 1 aliphatic heterocycles. The Kier molecular flexibility index (Phi) is 4.53. The number of hydrogen-bond donors (Lipinski definition) is 0. The van der Waals surface area contributed by atoms with Gasteiger partial charge in [-0.05, 0) is 71.5 Å². The van der Waals surface area contributed by atoms with Crippen molar-refractivity contribution >= 4 is 11.4 Å². The maximum Gasteiger partial charge on any atom is 0.231 e. The summed E-state index contributed by atoms with van der Waals surface area (Å²) < 4.78 is 16.8. The van der Waals surface area contributed by atoms with Crippen LogP contribution in [0.5, 0.6) is 23.0 Å². The molecule has 4 nitrogen and oxygen atoms in total. The van der Waals surface area contributed by atoms with Crippen LogP contribution in [0.1, 0.15) is 29.9 Å². The van der Waals surface area contributed by atoms with Crippen molar-refractivity contribution in [3.63, 3.8) is 0 Å². The molecule has 0 fully saturated rings. The predicted octanol–water partition coefficient (Wildman–Crippen LogP) is 5.74. The summed E-state index contributed by atoms with van der Waals surface area (Å²) in [5.74, 6) is 3.38. The van der Waals surface area contributed by atoms with Crippen molar-refractivity contribution in [3.05, 3.63) is 90.0 Å². The van der Waals surface area contributed by atoms with E-state index in [2.05, 4.69) is 0 Å². The van der Waals surface area contributed by atoms with Crippen molar-refractivity contribution in [2.75, 3.05) is 6.79 Å². The highest BCUT2D eigenvalue weighted by Crippen LogP contribution is 2.40. The first-order valence-electron chi connectivity index (χ1n) is 9.71. The molecule has 3 aromatic carbocycles. The Labute approximate surface area is 169 Å². The normalized spacial score (nSPS) is 17.7. The number of carbonyl (C=O) groups is 1. The molecule has 4 heteroatoms. The van der Waals surface area contributed by atoms with E-state index in [-0.39, 0.29) is 18.5 Å². The number of benzene rings is 3. The van der Waals surface area contributed by atoms with Gasteiger partial charge in [-0.25, -0.2) is 0 Å². The molecule has 1 unspecified atom stereocenters. The minimum Gasteiger partial charge on any atom is -0.457 e. The second-order valence-electron chi connectivity index (χ2n) is 7.29. The number of hydrogen-bond acceptors (Lipinski definition) is 4. The van der Waals surface area contributed by atoms with Gasteiger partial charge in [0.15, 0.2) is 17.3 Å². The molecule has 1 aliphatic carbocycles. The van der Waals surface area contributed by atoms with Gasteiger partial charge >= 0.3 is 0 Å². The van der Waals surface area contributed by atoms with E-state index in [4.69, 9.17) is 14.2 Å². The minimum atomic E-state index is 0.136. The maximum atomic E-state index is 12.4. The summed E-state index contributed by atoms with van der Waals surface area (Å²) in [7, 11) is 0. The zero-order valence-electron chi connectivity index (χ0n) is 15.8. The highest BCUT2D eigenvalue weighted by atomic mass is 16.7. The lowest BCUT2D eigenvalue weighted by molar-refractivity contribution is -0.115. The Morgan fingerprint density at radius 3 is 2.38 bits per heavy atom. The number of fused-ring (bicyclic) bond motifs is 1. The Bertz CT molecular complexity index is 1070. The Hall–Kier alpha value is -3.53. The van der Waals surface area contributed by atoms with Gasteiger partial charge in [0.1, 0.15) is 11.5 Å². The molecule has 0 N–H and O–H groups in total. The monoisotopic (exact) mass is 384 g/mol. The van der Waals surface area contributed by atoms with Gasteiger partial charge < -0.3 is 14.2 Å². The van der Waals surface area contributed by atoms with Crippen molar-refractivity contribution in [2.24, 2.45) is 0 Å². The SMILES string of the molecule is O=C1C=C(c2ccc(Oc3ccccc3)cc2)CC(c2ccc3c(c2)OCO3)C1. The van der Waals surface area contributed by atoms with Gasteiger partial charge in [0.25, 0.3) is 0 Å². The predicted molar refractivity (Wildman–Crippen MR) is 110 cm³/mol. The fraction of sp³-hybridized carbons (Fsp3) is 0.160. The number of rotatable bonds is 4. The van der Waals surface area contributed by atoms with Crippen LogP contribution >= 0.6 is 0 Å². The van der Waals surface area contributed by atoms with Crippen LogP contribution in [0.15, 0.2) is 78.9 Å². The third kappa shape index (κ3) is 3.74. The van der Waals surface area contributed by atoms with Crippen LogP contribution in [0, 0.1) is 0 Å². The Balaban J connectivity index is 1.34. The van der Waals surface area contributed by atoms with E-state index >= 15 is 0 Å². The van der Waals surface area contributed by atoms with Gasteiger partial charge in [0.05, 0.1) is 0 Å². The second kappa shape index (κ2) is 7.47. The van der Waals surface area contributed by atoms with Gasteiger partial charge in [-0.2, -0.15) is 0 Å². The average molecular weight is 384 g/mol.